The van der Waals surface area contributed by atoms with Crippen LogP contribution in [0.3, 0.4) is 0 Å². The van der Waals surface area contributed by atoms with Gasteiger partial charge < -0.3 is 20.1 Å². The molecule has 0 radical (unpaired) electrons. The number of ether oxygens (including phenoxy) is 2. The number of carbonyl (C=O) groups is 1. The quantitative estimate of drug-likeness (QED) is 0.286. The second-order valence-corrected chi connectivity index (χ2v) is 9.34. The van der Waals surface area contributed by atoms with E-state index in [-0.39, 0.29) is 11.4 Å². The molecule has 0 aromatic rings. The molecule has 0 fully saturated rings. The molecule has 1 amide bonds. The zero-order chi connectivity index (χ0) is 17.6. The van der Waals surface area contributed by atoms with Crippen LogP contribution in [0.15, 0.2) is 11.5 Å². The standard InChI is InChI=1S/C15H30N2O3S3/c1-13(2)17-11-15(3,4)23-22-12-19-8-9-20-14(18)16-7-6-10-21-5/h6,10,13,17H,7-9,11-12H2,1-5H3,(H,16,18)/b10-6+. The third-order valence-corrected chi connectivity index (χ3v) is 5.85. The fraction of sp³-hybridized carbons (Fsp3) is 0.800. The lowest BCUT2D eigenvalue weighted by Crippen LogP contribution is -2.35. The minimum absolute atomic E-state index is 0.152. The highest BCUT2D eigenvalue weighted by Crippen LogP contribution is 2.35. The van der Waals surface area contributed by atoms with Crippen molar-refractivity contribution in [1.29, 1.82) is 0 Å². The van der Waals surface area contributed by atoms with E-state index < -0.39 is 6.09 Å². The van der Waals surface area contributed by atoms with Crippen molar-refractivity contribution in [3.63, 3.8) is 0 Å². The lowest BCUT2D eigenvalue weighted by Gasteiger charge is -2.24. The average molecular weight is 383 g/mol. The van der Waals surface area contributed by atoms with Gasteiger partial charge in [-0.3, -0.25) is 0 Å². The van der Waals surface area contributed by atoms with Crippen LogP contribution in [-0.2, 0) is 9.47 Å². The summed E-state index contributed by atoms with van der Waals surface area (Å²) >= 11 is 1.59. The monoisotopic (exact) mass is 382 g/mol. The van der Waals surface area contributed by atoms with Crippen molar-refractivity contribution < 1.29 is 14.3 Å². The van der Waals surface area contributed by atoms with E-state index in [1.165, 1.54) is 0 Å². The Hall–Kier alpha value is -0.0200. The first-order valence-electron chi connectivity index (χ1n) is 7.57. The number of amides is 1. The van der Waals surface area contributed by atoms with Crippen LogP contribution in [0, 0.1) is 0 Å². The maximum absolute atomic E-state index is 11.3. The number of nitrogens with one attached hydrogen (secondary N) is 2. The highest BCUT2D eigenvalue weighted by atomic mass is 33.1. The van der Waals surface area contributed by atoms with Gasteiger partial charge in [-0.2, -0.15) is 0 Å². The zero-order valence-electron chi connectivity index (χ0n) is 14.7. The van der Waals surface area contributed by atoms with E-state index in [0.29, 0.717) is 25.1 Å². The predicted molar refractivity (Wildman–Crippen MR) is 105 cm³/mol. The fourth-order valence-electron chi connectivity index (χ4n) is 1.29. The van der Waals surface area contributed by atoms with Gasteiger partial charge in [0.2, 0.25) is 0 Å². The Kier molecular flexibility index (Phi) is 14.3. The van der Waals surface area contributed by atoms with Crippen LogP contribution in [0.25, 0.3) is 0 Å². The van der Waals surface area contributed by atoms with E-state index in [4.69, 9.17) is 9.47 Å². The smallest absolute Gasteiger partial charge is 0.407 e. The van der Waals surface area contributed by atoms with E-state index in [1.54, 1.807) is 33.3 Å². The third kappa shape index (κ3) is 16.6. The summed E-state index contributed by atoms with van der Waals surface area (Å²) in [5, 5.41) is 7.98. The SMILES string of the molecule is CS/C=C/CNC(=O)OCCOCSSC(C)(C)CNC(C)C. The second kappa shape index (κ2) is 14.3. The summed E-state index contributed by atoms with van der Waals surface area (Å²) in [5.74, 6) is 0.581. The van der Waals surface area contributed by atoms with Gasteiger partial charge in [-0.15, -0.1) is 11.8 Å². The highest BCUT2D eigenvalue weighted by Gasteiger charge is 2.18. The van der Waals surface area contributed by atoms with Crippen LogP contribution < -0.4 is 10.6 Å². The van der Waals surface area contributed by atoms with Crippen LogP contribution in [-0.4, -0.2) is 55.4 Å². The molecule has 0 aliphatic heterocycles. The van der Waals surface area contributed by atoms with Crippen molar-refractivity contribution in [1.82, 2.24) is 10.6 Å². The van der Waals surface area contributed by atoms with Crippen molar-refractivity contribution in [2.24, 2.45) is 0 Å². The van der Waals surface area contributed by atoms with Gasteiger partial charge in [0.25, 0.3) is 0 Å². The predicted octanol–water partition coefficient (Wildman–Crippen LogP) is 3.72. The first-order chi connectivity index (χ1) is 10.9. The van der Waals surface area contributed by atoms with Gasteiger partial charge in [0, 0.05) is 23.9 Å². The topological polar surface area (TPSA) is 59.6 Å². The van der Waals surface area contributed by atoms with E-state index in [2.05, 4.69) is 38.3 Å². The number of hydrogen-bond acceptors (Lipinski definition) is 7. The molecular formula is C15H30N2O3S3. The summed E-state index contributed by atoms with van der Waals surface area (Å²) < 4.78 is 10.6. The van der Waals surface area contributed by atoms with E-state index in [0.717, 1.165) is 6.54 Å². The van der Waals surface area contributed by atoms with Crippen molar-refractivity contribution >= 4 is 39.4 Å². The molecule has 5 nitrogen and oxygen atoms in total. The Labute approximate surface area is 152 Å². The van der Waals surface area contributed by atoms with Gasteiger partial charge in [-0.25, -0.2) is 4.79 Å². The Morgan fingerprint density at radius 2 is 2.04 bits per heavy atom. The number of thioether (sulfide) groups is 1. The highest BCUT2D eigenvalue weighted by molar-refractivity contribution is 8.77. The lowest BCUT2D eigenvalue weighted by molar-refractivity contribution is 0.0940. The second-order valence-electron chi connectivity index (χ2n) is 5.65. The molecule has 23 heavy (non-hydrogen) atoms. The van der Waals surface area contributed by atoms with Gasteiger partial charge in [-0.1, -0.05) is 41.5 Å². The van der Waals surface area contributed by atoms with Crippen LogP contribution in [0.5, 0.6) is 0 Å². The maximum Gasteiger partial charge on any atom is 0.407 e. The van der Waals surface area contributed by atoms with E-state index in [9.17, 15) is 4.79 Å². The molecule has 0 aromatic heterocycles. The zero-order valence-corrected chi connectivity index (χ0v) is 17.2. The summed E-state index contributed by atoms with van der Waals surface area (Å²) in [5.41, 5.74) is 0. The normalized spacial score (nSPS) is 12.1. The Morgan fingerprint density at radius 3 is 2.70 bits per heavy atom. The van der Waals surface area contributed by atoms with Crippen molar-refractivity contribution in [2.45, 2.75) is 38.5 Å². The molecule has 0 aliphatic carbocycles. The van der Waals surface area contributed by atoms with E-state index >= 15 is 0 Å². The summed E-state index contributed by atoms with van der Waals surface area (Å²) in [6.45, 7) is 10.8. The molecule has 136 valence electrons. The molecule has 8 heteroatoms. The molecule has 0 spiro atoms. The minimum Gasteiger partial charge on any atom is -0.447 e. The van der Waals surface area contributed by atoms with Crippen LogP contribution in [0.2, 0.25) is 0 Å². The maximum atomic E-state index is 11.3. The fourth-order valence-corrected chi connectivity index (χ4v) is 3.75. The average Bonchev–Trinajstić information content (AvgIpc) is 2.49. The Bertz CT molecular complexity index is 340. The minimum atomic E-state index is -0.415. The van der Waals surface area contributed by atoms with Crippen molar-refractivity contribution in [2.75, 3.05) is 38.5 Å². The molecular weight excluding hydrogens is 352 g/mol. The van der Waals surface area contributed by atoms with Gasteiger partial charge in [-0.05, 0) is 25.5 Å². The summed E-state index contributed by atoms with van der Waals surface area (Å²) in [7, 11) is 3.48. The van der Waals surface area contributed by atoms with Crippen LogP contribution >= 0.6 is 33.3 Å². The summed E-state index contributed by atoms with van der Waals surface area (Å²) in [6.07, 6.45) is 3.42. The molecule has 0 aromatic carbocycles. The molecule has 0 aliphatic rings. The lowest BCUT2D eigenvalue weighted by atomic mass is 10.2. The molecule has 0 saturated carbocycles. The van der Waals surface area contributed by atoms with Gasteiger partial charge in [0.05, 0.1) is 6.61 Å². The molecule has 0 unspecified atom stereocenters. The number of alkyl carbamates (subject to hydrolysis) is 1. The van der Waals surface area contributed by atoms with Crippen LogP contribution in [0.1, 0.15) is 27.7 Å². The summed E-state index contributed by atoms with van der Waals surface area (Å²) in [6, 6.07) is 0.496. The molecule has 2 N–H and O–H groups in total. The Morgan fingerprint density at radius 1 is 1.30 bits per heavy atom. The van der Waals surface area contributed by atoms with Gasteiger partial charge in [0.1, 0.15) is 12.5 Å². The van der Waals surface area contributed by atoms with Crippen molar-refractivity contribution in [3.8, 4) is 0 Å². The van der Waals surface area contributed by atoms with Gasteiger partial charge in [0.15, 0.2) is 0 Å². The van der Waals surface area contributed by atoms with Crippen LogP contribution in [0.4, 0.5) is 4.79 Å². The third-order valence-electron chi connectivity index (χ3n) is 2.41. The summed E-state index contributed by atoms with van der Waals surface area (Å²) in [4.78, 5) is 11.3. The first kappa shape index (κ1) is 23.0. The number of carbonyl (C=O) groups excluding carboxylic acids is 1. The molecule has 0 saturated heterocycles. The van der Waals surface area contributed by atoms with Gasteiger partial charge >= 0.3 is 6.09 Å². The number of hydrogen-bond donors (Lipinski definition) is 2. The first-order valence-corrected chi connectivity index (χ1v) is 11.2. The Balaban J connectivity index is 3.48. The number of rotatable bonds is 13. The molecule has 0 atom stereocenters. The molecule has 0 heterocycles. The van der Waals surface area contributed by atoms with E-state index in [1.807, 2.05) is 17.7 Å². The largest absolute Gasteiger partial charge is 0.447 e. The molecule has 0 bridgehead atoms. The van der Waals surface area contributed by atoms with Crippen molar-refractivity contribution in [3.05, 3.63) is 11.5 Å². The molecule has 0 rings (SSSR count).